The van der Waals surface area contributed by atoms with Crippen LogP contribution in [0.1, 0.15) is 62.2 Å². The second-order valence-corrected chi connectivity index (χ2v) is 11.1. The summed E-state index contributed by atoms with van der Waals surface area (Å²) >= 11 is 1.58. The third kappa shape index (κ3) is 5.47. The average Bonchev–Trinajstić information content (AvgIpc) is 3.54. The Labute approximate surface area is 227 Å². The lowest BCUT2D eigenvalue weighted by atomic mass is 9.97. The van der Waals surface area contributed by atoms with Gasteiger partial charge in [-0.3, -0.25) is 0 Å². The second kappa shape index (κ2) is 11.3. The van der Waals surface area contributed by atoms with Crippen molar-refractivity contribution in [3.8, 4) is 21.8 Å². The molecule has 0 amide bonds. The molecule has 0 unspecified atom stereocenters. The van der Waals surface area contributed by atoms with E-state index in [0.29, 0.717) is 24.4 Å². The Hall–Kier alpha value is -3.23. The molecule has 4 aromatic rings. The predicted octanol–water partition coefficient (Wildman–Crippen LogP) is 6.62. The zero-order chi connectivity index (χ0) is 25.9. The van der Waals surface area contributed by atoms with Gasteiger partial charge in [0, 0.05) is 29.9 Å². The number of hydrogen-bond acceptors (Lipinski definition) is 7. The second-order valence-electron chi connectivity index (χ2n) is 10.2. The van der Waals surface area contributed by atoms with Crippen molar-refractivity contribution in [1.29, 1.82) is 0 Å². The molecular weight excluding hydrogens is 496 g/mol. The Morgan fingerprint density at radius 2 is 1.61 bits per heavy atom. The monoisotopic (exact) mass is 530 g/mol. The molecular formula is C30H34N4O3S. The maximum atomic E-state index is 11.9. The highest BCUT2D eigenvalue weighted by Crippen LogP contribution is 2.31. The first-order valence-corrected chi connectivity index (χ1v) is 14.6. The SMILES string of the molecule is CCOC(=O)c1ccc(-c2cn3nc(-c4ccc(N5CCC(OC6CCCCC6)CC5)cc4)sc3n2)cc1. The van der Waals surface area contributed by atoms with Crippen LogP contribution in [0, 0.1) is 0 Å². The van der Waals surface area contributed by atoms with Gasteiger partial charge in [0.1, 0.15) is 5.01 Å². The fourth-order valence-electron chi connectivity index (χ4n) is 5.49. The van der Waals surface area contributed by atoms with Crippen LogP contribution in [-0.4, -0.2) is 52.5 Å². The Morgan fingerprint density at radius 3 is 2.29 bits per heavy atom. The zero-order valence-electron chi connectivity index (χ0n) is 21.8. The molecule has 6 rings (SSSR count). The van der Waals surface area contributed by atoms with Gasteiger partial charge in [-0.2, -0.15) is 5.10 Å². The Morgan fingerprint density at radius 1 is 0.921 bits per heavy atom. The lowest BCUT2D eigenvalue weighted by molar-refractivity contribution is -0.0395. The van der Waals surface area contributed by atoms with Crippen LogP contribution in [0.3, 0.4) is 0 Å². The van der Waals surface area contributed by atoms with E-state index < -0.39 is 0 Å². The van der Waals surface area contributed by atoms with Crippen LogP contribution in [0.5, 0.6) is 0 Å². The molecule has 0 bridgehead atoms. The first-order chi connectivity index (χ1) is 18.7. The summed E-state index contributed by atoms with van der Waals surface area (Å²) in [5, 5.41) is 5.72. The number of nitrogens with zero attached hydrogens (tertiary/aromatic N) is 4. The summed E-state index contributed by atoms with van der Waals surface area (Å²) < 4.78 is 13.3. The van der Waals surface area contributed by atoms with E-state index >= 15 is 0 Å². The summed E-state index contributed by atoms with van der Waals surface area (Å²) in [5.74, 6) is -0.310. The molecule has 1 saturated carbocycles. The molecule has 1 aliphatic carbocycles. The quantitative estimate of drug-likeness (QED) is 0.250. The van der Waals surface area contributed by atoms with Crippen molar-refractivity contribution in [2.75, 3.05) is 24.6 Å². The van der Waals surface area contributed by atoms with Crippen LogP contribution >= 0.6 is 11.3 Å². The highest BCUT2D eigenvalue weighted by atomic mass is 32.1. The maximum absolute atomic E-state index is 11.9. The van der Waals surface area contributed by atoms with E-state index in [1.54, 1.807) is 30.4 Å². The van der Waals surface area contributed by atoms with Gasteiger partial charge in [0.2, 0.25) is 4.96 Å². The topological polar surface area (TPSA) is 69.0 Å². The minimum atomic E-state index is -0.310. The van der Waals surface area contributed by atoms with Gasteiger partial charge in [-0.25, -0.2) is 14.3 Å². The van der Waals surface area contributed by atoms with E-state index in [4.69, 9.17) is 19.6 Å². The van der Waals surface area contributed by atoms with Gasteiger partial charge in [0.15, 0.2) is 0 Å². The van der Waals surface area contributed by atoms with E-state index in [-0.39, 0.29) is 5.97 Å². The summed E-state index contributed by atoms with van der Waals surface area (Å²) in [5.41, 5.74) is 4.67. The van der Waals surface area contributed by atoms with Crippen molar-refractivity contribution in [3.63, 3.8) is 0 Å². The molecule has 0 radical (unpaired) electrons. The largest absolute Gasteiger partial charge is 0.462 e. The molecule has 2 aromatic carbocycles. The van der Waals surface area contributed by atoms with Crippen LogP contribution < -0.4 is 4.90 Å². The Balaban J connectivity index is 1.08. The first kappa shape index (κ1) is 25.1. The molecule has 2 aliphatic rings. The van der Waals surface area contributed by atoms with E-state index in [1.807, 2.05) is 22.8 Å². The smallest absolute Gasteiger partial charge is 0.338 e. The van der Waals surface area contributed by atoms with Crippen LogP contribution in [0.2, 0.25) is 0 Å². The molecule has 8 heteroatoms. The number of piperidine rings is 1. The minimum Gasteiger partial charge on any atom is -0.462 e. The van der Waals surface area contributed by atoms with E-state index in [1.165, 1.54) is 37.8 Å². The number of benzene rings is 2. The minimum absolute atomic E-state index is 0.310. The fraction of sp³-hybridized carbons (Fsp3) is 0.433. The molecule has 1 aliphatic heterocycles. The molecule has 2 fully saturated rings. The normalized spacial score (nSPS) is 17.2. The van der Waals surface area contributed by atoms with Crippen molar-refractivity contribution < 1.29 is 14.3 Å². The standard InChI is InChI=1S/C30H34N4O3S/c1-2-36-29(35)23-10-8-21(9-11-23)27-20-34-30(31-27)38-28(32-34)22-12-14-24(15-13-22)33-18-16-26(17-19-33)37-25-6-4-3-5-7-25/h8-15,20,25-26H,2-7,16-19H2,1H3. The number of aromatic nitrogens is 3. The summed E-state index contributed by atoms with van der Waals surface area (Å²) in [7, 11) is 0. The van der Waals surface area contributed by atoms with Gasteiger partial charge < -0.3 is 14.4 Å². The predicted molar refractivity (Wildman–Crippen MR) is 151 cm³/mol. The number of rotatable bonds is 7. The van der Waals surface area contributed by atoms with Crippen molar-refractivity contribution in [1.82, 2.24) is 14.6 Å². The summed E-state index contributed by atoms with van der Waals surface area (Å²) in [6.45, 7) is 4.26. The molecule has 2 aromatic heterocycles. The van der Waals surface area contributed by atoms with Crippen molar-refractivity contribution >= 4 is 28.0 Å². The lowest BCUT2D eigenvalue weighted by Gasteiger charge is -2.36. The number of hydrogen-bond donors (Lipinski definition) is 0. The van der Waals surface area contributed by atoms with Gasteiger partial charge in [-0.1, -0.05) is 42.7 Å². The number of anilines is 1. The van der Waals surface area contributed by atoms with Gasteiger partial charge in [0.05, 0.1) is 36.3 Å². The molecule has 7 nitrogen and oxygen atoms in total. The van der Waals surface area contributed by atoms with E-state index in [2.05, 4.69) is 29.2 Å². The van der Waals surface area contributed by atoms with Crippen molar-refractivity contribution in [2.45, 2.75) is 64.1 Å². The van der Waals surface area contributed by atoms with Gasteiger partial charge in [0.25, 0.3) is 0 Å². The number of ether oxygens (including phenoxy) is 2. The molecule has 198 valence electrons. The van der Waals surface area contributed by atoms with Gasteiger partial charge in [-0.05, 0) is 69.0 Å². The van der Waals surface area contributed by atoms with Crippen molar-refractivity contribution in [3.05, 3.63) is 60.3 Å². The van der Waals surface area contributed by atoms with Crippen LogP contribution in [0.15, 0.2) is 54.7 Å². The molecule has 1 saturated heterocycles. The molecule has 0 N–H and O–H groups in total. The number of imidazole rings is 1. The molecule has 0 spiro atoms. The van der Waals surface area contributed by atoms with Crippen LogP contribution in [0.4, 0.5) is 5.69 Å². The summed E-state index contributed by atoms with van der Waals surface area (Å²) in [4.78, 5) is 20.0. The molecule has 0 atom stereocenters. The van der Waals surface area contributed by atoms with Crippen LogP contribution in [0.25, 0.3) is 26.8 Å². The fourth-order valence-corrected chi connectivity index (χ4v) is 6.37. The number of carbonyl (C=O) groups is 1. The number of carbonyl (C=O) groups excluding carboxylic acids is 1. The molecule has 38 heavy (non-hydrogen) atoms. The highest BCUT2D eigenvalue weighted by molar-refractivity contribution is 7.19. The molecule has 3 heterocycles. The van der Waals surface area contributed by atoms with Gasteiger partial charge in [-0.15, -0.1) is 0 Å². The Bertz CT molecular complexity index is 1330. The average molecular weight is 531 g/mol. The number of esters is 1. The van der Waals surface area contributed by atoms with Gasteiger partial charge >= 0.3 is 5.97 Å². The first-order valence-electron chi connectivity index (χ1n) is 13.8. The lowest BCUT2D eigenvalue weighted by Crippen LogP contribution is -2.38. The maximum Gasteiger partial charge on any atom is 0.338 e. The summed E-state index contributed by atoms with van der Waals surface area (Å²) in [6, 6.07) is 16.1. The van der Waals surface area contributed by atoms with Crippen LogP contribution in [-0.2, 0) is 9.47 Å². The summed E-state index contributed by atoms with van der Waals surface area (Å²) in [6.07, 6.45) is 11.6. The Kier molecular flexibility index (Phi) is 7.42. The number of fused-ring (bicyclic) bond motifs is 1. The van der Waals surface area contributed by atoms with Crippen molar-refractivity contribution in [2.24, 2.45) is 0 Å². The zero-order valence-corrected chi connectivity index (χ0v) is 22.7. The highest BCUT2D eigenvalue weighted by Gasteiger charge is 2.24. The third-order valence-electron chi connectivity index (χ3n) is 7.59. The third-order valence-corrected chi connectivity index (χ3v) is 8.57. The van der Waals surface area contributed by atoms with E-state index in [9.17, 15) is 4.79 Å². The van der Waals surface area contributed by atoms with E-state index in [0.717, 1.165) is 52.7 Å².